The number of carboxylic acid groups (broad SMARTS) is 1. The first-order chi connectivity index (χ1) is 9.92. The van der Waals surface area contributed by atoms with E-state index in [2.05, 4.69) is 21.0 Å². The minimum Gasteiger partial charge on any atom is -0.480 e. The number of carbonyl (C=O) groups excluding carboxylic acids is 2. The molecule has 116 valence electrons. The minimum absolute atomic E-state index is 0.270. The lowest BCUT2D eigenvalue weighted by Crippen LogP contribution is -2.46. The van der Waals surface area contributed by atoms with Crippen molar-refractivity contribution in [1.82, 2.24) is 20.4 Å². The maximum atomic E-state index is 11.7. The zero-order valence-electron chi connectivity index (χ0n) is 11.9. The van der Waals surface area contributed by atoms with Crippen LogP contribution in [0.2, 0.25) is 0 Å². The quantitative estimate of drug-likeness (QED) is 0.564. The molecule has 0 radical (unpaired) electrons. The second-order valence-corrected chi connectivity index (χ2v) is 4.43. The fourth-order valence-corrected chi connectivity index (χ4v) is 1.48. The number of carbonyl (C=O) groups is 3. The number of nitrogens with one attached hydrogen (secondary N) is 3. The predicted molar refractivity (Wildman–Crippen MR) is 74.8 cm³/mol. The molecule has 0 aliphatic rings. The fourth-order valence-electron chi connectivity index (χ4n) is 1.48. The third-order valence-corrected chi connectivity index (χ3v) is 2.48. The van der Waals surface area contributed by atoms with Gasteiger partial charge in [-0.2, -0.15) is 5.10 Å². The number of aliphatic carboxylic acids is 1. The van der Waals surface area contributed by atoms with E-state index in [1.807, 2.05) is 6.92 Å². The Hall–Kier alpha value is -2.58. The number of rotatable bonds is 7. The highest BCUT2D eigenvalue weighted by Gasteiger charge is 2.15. The summed E-state index contributed by atoms with van der Waals surface area (Å²) in [6.07, 6.45) is 3.52. The second kappa shape index (κ2) is 7.88. The van der Waals surface area contributed by atoms with Crippen LogP contribution in [0.3, 0.4) is 0 Å². The zero-order chi connectivity index (χ0) is 15.8. The van der Waals surface area contributed by atoms with E-state index in [0.717, 1.165) is 6.42 Å². The van der Waals surface area contributed by atoms with Gasteiger partial charge in [0.2, 0.25) is 5.91 Å². The van der Waals surface area contributed by atoms with Crippen molar-refractivity contribution in [3.8, 4) is 0 Å². The van der Waals surface area contributed by atoms with Gasteiger partial charge in [0.15, 0.2) is 0 Å². The Morgan fingerprint density at radius 1 is 1.43 bits per heavy atom. The van der Waals surface area contributed by atoms with E-state index in [1.165, 1.54) is 17.1 Å². The van der Waals surface area contributed by atoms with Crippen LogP contribution in [0.1, 0.15) is 20.3 Å². The average Bonchev–Trinajstić information content (AvgIpc) is 2.81. The van der Waals surface area contributed by atoms with E-state index in [1.54, 1.807) is 6.92 Å². The smallest absolute Gasteiger partial charge is 0.325 e. The van der Waals surface area contributed by atoms with E-state index in [-0.39, 0.29) is 12.5 Å². The first-order valence-corrected chi connectivity index (χ1v) is 6.51. The molecule has 0 spiro atoms. The largest absolute Gasteiger partial charge is 0.480 e. The Kier molecular flexibility index (Phi) is 6.18. The van der Waals surface area contributed by atoms with Crippen molar-refractivity contribution in [2.75, 3.05) is 11.9 Å². The van der Waals surface area contributed by atoms with Crippen LogP contribution >= 0.6 is 0 Å². The van der Waals surface area contributed by atoms with Crippen molar-refractivity contribution in [3.05, 3.63) is 12.4 Å². The summed E-state index contributed by atoms with van der Waals surface area (Å²) in [7, 11) is 0. The minimum atomic E-state index is -1.03. The second-order valence-electron chi connectivity index (χ2n) is 4.43. The summed E-state index contributed by atoms with van der Waals surface area (Å²) in [4.78, 5) is 33.8. The van der Waals surface area contributed by atoms with Crippen LogP contribution in [0.15, 0.2) is 12.4 Å². The van der Waals surface area contributed by atoms with Gasteiger partial charge in [0.05, 0.1) is 11.9 Å². The molecule has 1 rings (SSSR count). The number of carboxylic acids is 1. The molecule has 0 saturated heterocycles. The molecule has 0 saturated carbocycles. The van der Waals surface area contributed by atoms with Gasteiger partial charge in [-0.05, 0) is 13.3 Å². The summed E-state index contributed by atoms with van der Waals surface area (Å²) in [5.74, 6) is -1.30. The van der Waals surface area contributed by atoms with Gasteiger partial charge in [-0.15, -0.1) is 0 Å². The lowest BCUT2D eigenvalue weighted by molar-refractivity contribution is -0.137. The lowest BCUT2D eigenvalue weighted by Gasteiger charge is -2.13. The number of aromatic nitrogens is 2. The van der Waals surface area contributed by atoms with E-state index < -0.39 is 18.0 Å². The Morgan fingerprint density at radius 2 is 2.14 bits per heavy atom. The van der Waals surface area contributed by atoms with Crippen molar-refractivity contribution in [3.63, 3.8) is 0 Å². The molecule has 1 heterocycles. The predicted octanol–water partition coefficient (Wildman–Crippen LogP) is 0.00390. The van der Waals surface area contributed by atoms with Crippen molar-refractivity contribution in [2.24, 2.45) is 0 Å². The third-order valence-electron chi connectivity index (χ3n) is 2.48. The molecule has 1 aromatic rings. The van der Waals surface area contributed by atoms with Crippen LogP contribution < -0.4 is 16.0 Å². The summed E-state index contributed by atoms with van der Waals surface area (Å²) in [5.41, 5.74) is 0.343. The number of urea groups is 1. The Balaban J connectivity index is 2.44. The lowest BCUT2D eigenvalue weighted by atomic mass is 10.3. The molecule has 4 N–H and O–H groups in total. The third kappa shape index (κ3) is 5.93. The molecule has 0 aliphatic carbocycles. The molecule has 3 amide bonds. The van der Waals surface area contributed by atoms with Gasteiger partial charge in [-0.3, -0.25) is 14.3 Å². The van der Waals surface area contributed by atoms with Gasteiger partial charge in [-0.25, -0.2) is 4.79 Å². The number of hydrogen-bond acceptors (Lipinski definition) is 4. The van der Waals surface area contributed by atoms with E-state index in [4.69, 9.17) is 5.11 Å². The van der Waals surface area contributed by atoms with Crippen LogP contribution in [-0.2, 0) is 16.1 Å². The molecule has 9 heteroatoms. The first kappa shape index (κ1) is 16.5. The van der Waals surface area contributed by atoms with E-state index >= 15 is 0 Å². The van der Waals surface area contributed by atoms with Crippen molar-refractivity contribution < 1.29 is 19.5 Å². The Bertz CT molecular complexity index is 514. The molecule has 1 unspecified atom stereocenters. The molecule has 0 aliphatic heterocycles. The molecule has 0 fully saturated rings. The van der Waals surface area contributed by atoms with Gasteiger partial charge in [0.1, 0.15) is 12.6 Å². The topological polar surface area (TPSA) is 125 Å². The summed E-state index contributed by atoms with van der Waals surface area (Å²) in [5, 5.41) is 20.0. The van der Waals surface area contributed by atoms with E-state index in [9.17, 15) is 14.4 Å². The van der Waals surface area contributed by atoms with Crippen LogP contribution in [0.4, 0.5) is 10.5 Å². The molecule has 1 aromatic heterocycles. The van der Waals surface area contributed by atoms with Crippen molar-refractivity contribution in [1.29, 1.82) is 0 Å². The van der Waals surface area contributed by atoms with Crippen molar-refractivity contribution >= 4 is 23.6 Å². The number of anilines is 1. The highest BCUT2D eigenvalue weighted by molar-refractivity contribution is 5.93. The maximum absolute atomic E-state index is 11.7. The Morgan fingerprint density at radius 3 is 2.76 bits per heavy atom. The van der Waals surface area contributed by atoms with Gasteiger partial charge < -0.3 is 21.1 Å². The molecule has 21 heavy (non-hydrogen) atoms. The SMILES string of the molecule is CCCNC(=O)C(C)NC(=O)Nc1cnn(CC(=O)O)c1. The number of nitrogens with zero attached hydrogens (tertiary/aromatic N) is 2. The molecule has 9 nitrogen and oxygen atoms in total. The molecule has 0 bridgehead atoms. The standard InChI is InChI=1S/C12H19N5O4/c1-3-4-13-11(20)8(2)15-12(21)16-9-5-14-17(6-9)7-10(18)19/h5-6,8H,3-4,7H2,1-2H3,(H,13,20)(H,18,19)(H2,15,16,21). The molecular formula is C12H19N5O4. The number of hydrogen-bond donors (Lipinski definition) is 4. The molecule has 0 aromatic carbocycles. The summed E-state index contributed by atoms with van der Waals surface area (Å²) < 4.78 is 1.18. The van der Waals surface area contributed by atoms with Crippen LogP contribution in [-0.4, -0.2) is 45.4 Å². The van der Waals surface area contributed by atoms with E-state index in [0.29, 0.717) is 12.2 Å². The van der Waals surface area contributed by atoms with Crippen LogP contribution in [0.5, 0.6) is 0 Å². The molecular weight excluding hydrogens is 278 g/mol. The monoisotopic (exact) mass is 297 g/mol. The average molecular weight is 297 g/mol. The fraction of sp³-hybridized carbons (Fsp3) is 0.500. The van der Waals surface area contributed by atoms with Crippen molar-refractivity contribution in [2.45, 2.75) is 32.9 Å². The van der Waals surface area contributed by atoms with Crippen LogP contribution in [0, 0.1) is 0 Å². The first-order valence-electron chi connectivity index (χ1n) is 6.51. The van der Waals surface area contributed by atoms with Gasteiger partial charge in [0.25, 0.3) is 0 Å². The van der Waals surface area contributed by atoms with Gasteiger partial charge in [-0.1, -0.05) is 6.92 Å². The normalized spacial score (nSPS) is 11.5. The summed E-state index contributed by atoms with van der Waals surface area (Å²) >= 11 is 0. The highest BCUT2D eigenvalue weighted by atomic mass is 16.4. The summed E-state index contributed by atoms with van der Waals surface area (Å²) in [6, 6.07) is -1.24. The summed E-state index contributed by atoms with van der Waals surface area (Å²) in [6.45, 7) is 3.76. The molecule has 1 atom stereocenters. The Labute approximate surface area is 121 Å². The highest BCUT2D eigenvalue weighted by Crippen LogP contribution is 2.04. The maximum Gasteiger partial charge on any atom is 0.325 e. The van der Waals surface area contributed by atoms with Crippen LogP contribution in [0.25, 0.3) is 0 Å². The van der Waals surface area contributed by atoms with Gasteiger partial charge in [0, 0.05) is 12.7 Å². The number of amides is 3. The zero-order valence-corrected chi connectivity index (χ0v) is 11.9. The van der Waals surface area contributed by atoms with Gasteiger partial charge >= 0.3 is 12.0 Å².